The van der Waals surface area contributed by atoms with Crippen molar-refractivity contribution >= 4 is 35.8 Å². The van der Waals surface area contributed by atoms with Gasteiger partial charge in [-0.1, -0.05) is 42.5 Å². The Morgan fingerprint density at radius 3 is 2.26 bits per heavy atom. The zero-order valence-electron chi connectivity index (χ0n) is 18.7. The zero-order chi connectivity index (χ0) is 24.7. The number of rotatable bonds is 5. The molecule has 10 nitrogen and oxygen atoms in total. The molecule has 3 aliphatic heterocycles. The number of ether oxygens (including phenoxy) is 2. The number of amides is 5. The van der Waals surface area contributed by atoms with Gasteiger partial charge in [-0.2, -0.15) is 0 Å². The molecule has 0 spiro atoms. The van der Waals surface area contributed by atoms with Gasteiger partial charge in [0, 0.05) is 13.3 Å². The smallest absolute Gasteiger partial charge is 0.331 e. The summed E-state index contributed by atoms with van der Waals surface area (Å²) in [5.41, 5.74) is 1.31. The van der Waals surface area contributed by atoms with E-state index in [0.29, 0.717) is 5.56 Å². The first kappa shape index (κ1) is 22.5. The van der Waals surface area contributed by atoms with E-state index in [1.807, 2.05) is 6.07 Å². The van der Waals surface area contributed by atoms with Crippen LogP contribution < -0.4 is 5.32 Å². The predicted molar refractivity (Wildman–Crippen MR) is 120 cm³/mol. The van der Waals surface area contributed by atoms with E-state index in [1.165, 1.54) is 11.8 Å². The van der Waals surface area contributed by atoms with Crippen LogP contribution in [0.15, 0.2) is 60.3 Å². The van der Waals surface area contributed by atoms with Gasteiger partial charge in [-0.25, -0.2) is 4.79 Å². The fourth-order valence-corrected chi connectivity index (χ4v) is 4.57. The second kappa shape index (κ2) is 8.80. The number of carbonyl (C=O) groups excluding carboxylic acids is 5. The highest BCUT2D eigenvalue weighted by Gasteiger charge is 2.52. The molecule has 5 rings (SSSR count). The van der Waals surface area contributed by atoms with Crippen molar-refractivity contribution in [3.63, 3.8) is 0 Å². The van der Waals surface area contributed by atoms with E-state index in [-0.39, 0.29) is 29.9 Å². The lowest BCUT2D eigenvalue weighted by Gasteiger charge is -2.25. The summed E-state index contributed by atoms with van der Waals surface area (Å²) in [6.07, 6.45) is -0.289. The van der Waals surface area contributed by atoms with Crippen LogP contribution in [0.25, 0.3) is 6.08 Å². The van der Waals surface area contributed by atoms with Crippen molar-refractivity contribution in [2.45, 2.75) is 31.7 Å². The van der Waals surface area contributed by atoms with Crippen LogP contribution in [0, 0.1) is 0 Å². The Hall–Kier alpha value is -4.31. The molecule has 0 unspecified atom stereocenters. The molecule has 3 heterocycles. The Labute approximate surface area is 200 Å². The maximum Gasteiger partial charge on any atom is 0.331 e. The molecule has 2 aromatic carbocycles. The molecule has 0 aliphatic carbocycles. The molecule has 10 heteroatoms. The largest absolute Gasteiger partial charge is 0.463 e. The fourth-order valence-electron chi connectivity index (χ4n) is 4.57. The molecular formula is C25H21N3O7. The molecule has 0 bridgehead atoms. The van der Waals surface area contributed by atoms with Crippen molar-refractivity contribution in [3.8, 4) is 0 Å². The van der Waals surface area contributed by atoms with Crippen LogP contribution in [0.2, 0.25) is 0 Å². The third-order valence-corrected chi connectivity index (χ3v) is 6.13. The van der Waals surface area contributed by atoms with Gasteiger partial charge in [0.25, 0.3) is 17.7 Å². The van der Waals surface area contributed by atoms with Gasteiger partial charge < -0.3 is 9.47 Å². The Morgan fingerprint density at radius 1 is 1.00 bits per heavy atom. The molecule has 1 N–H and O–H groups in total. The Kier molecular flexibility index (Phi) is 5.65. The van der Waals surface area contributed by atoms with Gasteiger partial charge in [-0.05, 0) is 23.8 Å². The van der Waals surface area contributed by atoms with Gasteiger partial charge in [-0.15, -0.1) is 0 Å². The number of esters is 1. The Bertz CT molecular complexity index is 1240. The number of hydrogen-bond acceptors (Lipinski definition) is 7. The first-order valence-corrected chi connectivity index (χ1v) is 11.0. The summed E-state index contributed by atoms with van der Waals surface area (Å²) < 4.78 is 11.2. The SMILES string of the molecule is CC(=O)OC[C@H]1O[C@H](N2C(=O)NC(=O)/C2=C/c2ccccc2)C[C@@H]1N1C(=O)c2ccccc2C1=O. The monoisotopic (exact) mass is 475 g/mol. The lowest BCUT2D eigenvalue weighted by atomic mass is 10.1. The van der Waals surface area contributed by atoms with Crippen LogP contribution in [-0.4, -0.2) is 64.5 Å². The summed E-state index contributed by atoms with van der Waals surface area (Å²) in [6.45, 7) is 1.00. The Morgan fingerprint density at radius 2 is 1.63 bits per heavy atom. The van der Waals surface area contributed by atoms with Crippen LogP contribution in [0.4, 0.5) is 4.79 Å². The minimum Gasteiger partial charge on any atom is -0.463 e. The Balaban J connectivity index is 1.47. The molecule has 2 fully saturated rings. The number of fused-ring (bicyclic) bond motifs is 1. The molecule has 3 atom stereocenters. The minimum atomic E-state index is -0.980. The molecule has 3 aliphatic rings. The summed E-state index contributed by atoms with van der Waals surface area (Å²) in [6, 6.07) is 13.9. The van der Waals surface area contributed by atoms with E-state index in [4.69, 9.17) is 9.47 Å². The van der Waals surface area contributed by atoms with Crippen molar-refractivity contribution in [2.75, 3.05) is 6.61 Å². The van der Waals surface area contributed by atoms with E-state index in [2.05, 4.69) is 5.32 Å². The van der Waals surface area contributed by atoms with Gasteiger partial charge in [0.2, 0.25) is 0 Å². The molecule has 0 saturated carbocycles. The van der Waals surface area contributed by atoms with Crippen LogP contribution >= 0.6 is 0 Å². The topological polar surface area (TPSA) is 122 Å². The van der Waals surface area contributed by atoms with Crippen molar-refractivity contribution < 1.29 is 33.4 Å². The highest BCUT2D eigenvalue weighted by Crippen LogP contribution is 2.36. The number of nitrogens with one attached hydrogen (secondary N) is 1. The molecule has 2 aromatic rings. The van der Waals surface area contributed by atoms with Crippen LogP contribution in [-0.2, 0) is 19.1 Å². The normalized spacial score (nSPS) is 24.8. The lowest BCUT2D eigenvalue weighted by Crippen LogP contribution is -2.46. The van der Waals surface area contributed by atoms with Gasteiger partial charge >= 0.3 is 12.0 Å². The molecule has 0 aromatic heterocycles. The molecule has 0 radical (unpaired) electrons. The van der Waals surface area contributed by atoms with Crippen LogP contribution in [0.1, 0.15) is 39.6 Å². The van der Waals surface area contributed by atoms with E-state index >= 15 is 0 Å². The lowest BCUT2D eigenvalue weighted by molar-refractivity contribution is -0.146. The molecule has 178 valence electrons. The number of benzene rings is 2. The summed E-state index contributed by atoms with van der Waals surface area (Å²) in [7, 11) is 0. The minimum absolute atomic E-state index is 0.0320. The van der Waals surface area contributed by atoms with Crippen molar-refractivity contribution in [1.29, 1.82) is 0 Å². The molecular weight excluding hydrogens is 454 g/mol. The highest BCUT2D eigenvalue weighted by atomic mass is 16.6. The number of carbonyl (C=O) groups is 5. The van der Waals surface area contributed by atoms with E-state index in [0.717, 1.165) is 4.90 Å². The average molecular weight is 475 g/mol. The summed E-state index contributed by atoms with van der Waals surface area (Å²) in [5, 5.41) is 2.26. The number of urea groups is 1. The van der Waals surface area contributed by atoms with Gasteiger partial charge in [0.05, 0.1) is 17.2 Å². The fraction of sp³-hybridized carbons (Fsp3) is 0.240. The quantitative estimate of drug-likeness (QED) is 0.303. The maximum absolute atomic E-state index is 13.1. The highest BCUT2D eigenvalue weighted by molar-refractivity contribution is 6.21. The first-order valence-electron chi connectivity index (χ1n) is 11.0. The van der Waals surface area contributed by atoms with Crippen molar-refractivity contribution in [1.82, 2.24) is 15.1 Å². The van der Waals surface area contributed by atoms with Gasteiger partial charge in [0.15, 0.2) is 0 Å². The zero-order valence-corrected chi connectivity index (χ0v) is 18.7. The second-order valence-corrected chi connectivity index (χ2v) is 8.33. The van der Waals surface area contributed by atoms with E-state index < -0.39 is 48.1 Å². The van der Waals surface area contributed by atoms with E-state index in [1.54, 1.807) is 54.6 Å². The van der Waals surface area contributed by atoms with Gasteiger partial charge in [-0.3, -0.25) is 34.3 Å². The van der Waals surface area contributed by atoms with Gasteiger partial charge in [0.1, 0.15) is 24.6 Å². The van der Waals surface area contributed by atoms with Crippen molar-refractivity contribution in [2.24, 2.45) is 0 Å². The maximum atomic E-state index is 13.1. The van der Waals surface area contributed by atoms with E-state index in [9.17, 15) is 24.0 Å². The number of hydrogen-bond donors (Lipinski definition) is 1. The van der Waals surface area contributed by atoms with Crippen molar-refractivity contribution in [3.05, 3.63) is 77.0 Å². The molecule has 35 heavy (non-hydrogen) atoms. The standard InChI is InChI=1S/C25H21N3O7/c1-14(29)34-13-20-18(28-23(31)16-9-5-6-10-17(16)24(28)32)12-21(35-20)27-19(22(30)26-25(27)33)11-15-7-3-2-4-8-15/h2-11,18,20-21H,12-13H2,1H3,(H,26,30,33)/b19-11-/t18-,20+,21-/m0/s1. The van der Waals surface area contributed by atoms with Crippen LogP contribution in [0.5, 0.6) is 0 Å². The number of imide groups is 2. The molecule has 5 amide bonds. The molecule has 2 saturated heterocycles. The second-order valence-electron chi connectivity index (χ2n) is 8.33. The predicted octanol–water partition coefficient (Wildman–Crippen LogP) is 1.92. The summed E-state index contributed by atoms with van der Waals surface area (Å²) in [5.74, 6) is -2.13. The summed E-state index contributed by atoms with van der Waals surface area (Å²) in [4.78, 5) is 65.2. The third-order valence-electron chi connectivity index (χ3n) is 6.13. The summed E-state index contributed by atoms with van der Waals surface area (Å²) >= 11 is 0. The average Bonchev–Trinajstić information content (AvgIpc) is 3.45. The first-order chi connectivity index (χ1) is 16.8. The third kappa shape index (κ3) is 3.97. The number of nitrogens with zero attached hydrogens (tertiary/aromatic N) is 2. The van der Waals surface area contributed by atoms with Crippen LogP contribution in [0.3, 0.4) is 0 Å².